The van der Waals surface area contributed by atoms with Crippen LogP contribution in [0.1, 0.15) is 43.9 Å². The molecule has 0 aliphatic carbocycles. The fourth-order valence-electron chi connectivity index (χ4n) is 2.03. The molecule has 1 rings (SSSR count). The molecule has 1 nitrogen and oxygen atoms in total. The van der Waals surface area contributed by atoms with Crippen molar-refractivity contribution in [2.45, 2.75) is 39.7 Å². The van der Waals surface area contributed by atoms with Gasteiger partial charge >= 0.3 is 0 Å². The summed E-state index contributed by atoms with van der Waals surface area (Å²) in [5.41, 5.74) is 3.84. The van der Waals surface area contributed by atoms with E-state index in [2.05, 4.69) is 38.7 Å². The zero-order valence-corrected chi connectivity index (χ0v) is 11.8. The first kappa shape index (κ1) is 14.3. The summed E-state index contributed by atoms with van der Waals surface area (Å²) >= 11 is 5.99. The minimum atomic E-state index is 0.397. The lowest BCUT2D eigenvalue weighted by Gasteiger charge is -2.20. The van der Waals surface area contributed by atoms with Crippen LogP contribution in [0, 0.1) is 6.92 Å². The Morgan fingerprint density at radius 3 is 2.71 bits per heavy atom. The molecule has 0 aromatic heterocycles. The molecule has 1 atom stereocenters. The van der Waals surface area contributed by atoms with Gasteiger partial charge in [0.25, 0.3) is 0 Å². The summed E-state index contributed by atoms with van der Waals surface area (Å²) in [6.07, 6.45) is 2.14. The van der Waals surface area contributed by atoms with Crippen LogP contribution in [0.15, 0.2) is 30.4 Å². The highest BCUT2D eigenvalue weighted by Gasteiger charge is 2.12. The van der Waals surface area contributed by atoms with Gasteiger partial charge in [-0.25, -0.2) is 0 Å². The van der Waals surface area contributed by atoms with Crippen LogP contribution in [0.2, 0.25) is 5.02 Å². The number of allylic oxidation sites excluding steroid dienone is 1. The number of hydrogen-bond acceptors (Lipinski definition) is 1. The molecule has 0 heterocycles. The molecule has 1 aromatic rings. The monoisotopic (exact) mass is 251 g/mol. The molecule has 0 bridgehead atoms. The van der Waals surface area contributed by atoms with Crippen molar-refractivity contribution in [1.82, 2.24) is 5.32 Å². The summed E-state index contributed by atoms with van der Waals surface area (Å²) in [6.45, 7) is 11.3. The number of aryl methyl sites for hydroxylation is 1. The summed E-state index contributed by atoms with van der Waals surface area (Å²) in [7, 11) is 0. The molecule has 0 amide bonds. The maximum atomic E-state index is 5.99. The smallest absolute Gasteiger partial charge is 0.0408 e. The van der Waals surface area contributed by atoms with E-state index in [4.69, 9.17) is 11.6 Å². The van der Waals surface area contributed by atoms with Gasteiger partial charge in [-0.05, 0) is 56.5 Å². The van der Waals surface area contributed by atoms with E-state index in [0.717, 1.165) is 24.4 Å². The normalized spacial score (nSPS) is 12.5. The van der Waals surface area contributed by atoms with E-state index in [1.54, 1.807) is 0 Å². The predicted octanol–water partition coefficient (Wildman–Crippen LogP) is 4.66. The quantitative estimate of drug-likeness (QED) is 0.726. The molecule has 1 unspecified atom stereocenters. The SMILES string of the molecule is C=C(C)CCC(NCC)c1ccc(Cl)cc1C. The van der Waals surface area contributed by atoms with Crippen LogP contribution in [-0.2, 0) is 0 Å². The van der Waals surface area contributed by atoms with E-state index in [-0.39, 0.29) is 0 Å². The van der Waals surface area contributed by atoms with E-state index >= 15 is 0 Å². The van der Waals surface area contributed by atoms with Crippen LogP contribution in [0.25, 0.3) is 0 Å². The van der Waals surface area contributed by atoms with E-state index in [9.17, 15) is 0 Å². The summed E-state index contributed by atoms with van der Waals surface area (Å²) < 4.78 is 0. The molecule has 0 aliphatic rings. The Morgan fingerprint density at radius 2 is 2.18 bits per heavy atom. The van der Waals surface area contributed by atoms with Crippen molar-refractivity contribution in [3.63, 3.8) is 0 Å². The van der Waals surface area contributed by atoms with Crippen molar-refractivity contribution in [2.24, 2.45) is 0 Å². The molecule has 1 aromatic carbocycles. The predicted molar refractivity (Wildman–Crippen MR) is 76.7 cm³/mol. The van der Waals surface area contributed by atoms with Crippen molar-refractivity contribution in [3.05, 3.63) is 46.5 Å². The maximum absolute atomic E-state index is 5.99. The Hall–Kier alpha value is -0.790. The maximum Gasteiger partial charge on any atom is 0.0408 e. The lowest BCUT2D eigenvalue weighted by molar-refractivity contribution is 0.512. The van der Waals surface area contributed by atoms with Gasteiger partial charge in [0.1, 0.15) is 0 Å². The second-order valence-corrected chi connectivity index (χ2v) is 5.04. The van der Waals surface area contributed by atoms with Crippen molar-refractivity contribution < 1.29 is 0 Å². The van der Waals surface area contributed by atoms with Gasteiger partial charge < -0.3 is 5.32 Å². The highest BCUT2D eigenvalue weighted by Crippen LogP contribution is 2.25. The molecule has 0 saturated carbocycles. The summed E-state index contributed by atoms with van der Waals surface area (Å²) in [6, 6.07) is 6.52. The van der Waals surface area contributed by atoms with Crippen LogP contribution in [0.4, 0.5) is 0 Å². The number of benzene rings is 1. The molecule has 94 valence electrons. The third-order valence-corrected chi connectivity index (χ3v) is 3.15. The third kappa shape index (κ3) is 4.53. The zero-order valence-electron chi connectivity index (χ0n) is 11.0. The van der Waals surface area contributed by atoms with Gasteiger partial charge in [-0.3, -0.25) is 0 Å². The highest BCUT2D eigenvalue weighted by atomic mass is 35.5. The zero-order chi connectivity index (χ0) is 12.8. The van der Waals surface area contributed by atoms with Crippen molar-refractivity contribution >= 4 is 11.6 Å². The molecule has 0 spiro atoms. The molecule has 1 N–H and O–H groups in total. The number of nitrogens with one attached hydrogen (secondary N) is 1. The fourth-order valence-corrected chi connectivity index (χ4v) is 2.26. The lowest BCUT2D eigenvalue weighted by Crippen LogP contribution is -2.21. The molecule has 0 aliphatic heterocycles. The highest BCUT2D eigenvalue weighted by molar-refractivity contribution is 6.30. The fraction of sp³-hybridized carbons (Fsp3) is 0.467. The Labute approximate surface area is 110 Å². The van der Waals surface area contributed by atoms with Crippen LogP contribution in [-0.4, -0.2) is 6.54 Å². The first-order valence-corrected chi connectivity index (χ1v) is 6.56. The number of hydrogen-bond donors (Lipinski definition) is 1. The van der Waals surface area contributed by atoms with Crippen molar-refractivity contribution in [2.75, 3.05) is 6.54 Å². The second-order valence-electron chi connectivity index (χ2n) is 4.61. The standard InChI is InChI=1S/C15H22ClN/c1-5-17-15(9-6-11(2)3)14-8-7-13(16)10-12(14)4/h7-8,10,15,17H,2,5-6,9H2,1,3-4H3. The first-order valence-electron chi connectivity index (χ1n) is 6.18. The number of rotatable bonds is 6. The minimum absolute atomic E-state index is 0.397. The van der Waals surface area contributed by atoms with Crippen LogP contribution in [0.3, 0.4) is 0 Å². The largest absolute Gasteiger partial charge is 0.310 e. The Bertz CT molecular complexity index is 385. The molecular formula is C15H22ClN. The number of halogens is 1. The molecular weight excluding hydrogens is 230 g/mol. The van der Waals surface area contributed by atoms with Gasteiger partial charge in [0.05, 0.1) is 0 Å². The van der Waals surface area contributed by atoms with Crippen LogP contribution < -0.4 is 5.32 Å². The van der Waals surface area contributed by atoms with E-state index in [0.29, 0.717) is 6.04 Å². The van der Waals surface area contributed by atoms with Gasteiger partial charge in [-0.2, -0.15) is 0 Å². The van der Waals surface area contributed by atoms with E-state index in [1.165, 1.54) is 16.7 Å². The molecule has 0 saturated heterocycles. The van der Waals surface area contributed by atoms with E-state index in [1.807, 2.05) is 12.1 Å². The van der Waals surface area contributed by atoms with Crippen LogP contribution >= 0.6 is 11.6 Å². The summed E-state index contributed by atoms with van der Waals surface area (Å²) in [5.74, 6) is 0. The molecule has 0 fully saturated rings. The first-order chi connectivity index (χ1) is 8.04. The minimum Gasteiger partial charge on any atom is -0.310 e. The third-order valence-electron chi connectivity index (χ3n) is 2.92. The topological polar surface area (TPSA) is 12.0 Å². The average molecular weight is 252 g/mol. The van der Waals surface area contributed by atoms with Gasteiger partial charge in [0.15, 0.2) is 0 Å². The van der Waals surface area contributed by atoms with Crippen molar-refractivity contribution in [1.29, 1.82) is 0 Å². The van der Waals surface area contributed by atoms with Crippen LogP contribution in [0.5, 0.6) is 0 Å². The van der Waals surface area contributed by atoms with E-state index < -0.39 is 0 Å². The molecule has 2 heteroatoms. The van der Waals surface area contributed by atoms with Gasteiger partial charge in [0.2, 0.25) is 0 Å². The van der Waals surface area contributed by atoms with Gasteiger partial charge in [0, 0.05) is 11.1 Å². The van der Waals surface area contributed by atoms with Gasteiger partial charge in [-0.15, -0.1) is 6.58 Å². The molecule has 0 radical (unpaired) electrons. The Kier molecular flexibility index (Phi) is 5.73. The summed E-state index contributed by atoms with van der Waals surface area (Å²) in [4.78, 5) is 0. The average Bonchev–Trinajstić information content (AvgIpc) is 2.24. The Balaban J connectivity index is 2.84. The Morgan fingerprint density at radius 1 is 1.47 bits per heavy atom. The van der Waals surface area contributed by atoms with Crippen molar-refractivity contribution in [3.8, 4) is 0 Å². The molecule has 17 heavy (non-hydrogen) atoms. The second kappa shape index (κ2) is 6.83. The summed E-state index contributed by atoms with van der Waals surface area (Å²) in [5, 5.41) is 4.34. The van der Waals surface area contributed by atoms with Gasteiger partial charge in [-0.1, -0.05) is 30.2 Å². The lowest BCUT2D eigenvalue weighted by atomic mass is 9.96.